The monoisotopic (exact) mass is 386 g/mol. The Morgan fingerprint density at radius 2 is 2.04 bits per heavy atom. The molecule has 0 aliphatic rings. The summed E-state index contributed by atoms with van der Waals surface area (Å²) in [7, 11) is 1.68. The Morgan fingerprint density at radius 3 is 2.75 bits per heavy atom. The molecule has 0 aliphatic heterocycles. The highest BCUT2D eigenvalue weighted by Gasteiger charge is 2.13. The van der Waals surface area contributed by atoms with Gasteiger partial charge < -0.3 is 24.1 Å². The summed E-state index contributed by atoms with van der Waals surface area (Å²) in [5.74, 6) is 2.37. The molecule has 28 heavy (non-hydrogen) atoms. The van der Waals surface area contributed by atoms with Gasteiger partial charge in [-0.05, 0) is 25.0 Å². The lowest BCUT2D eigenvalue weighted by Gasteiger charge is -2.17. The second-order valence-corrected chi connectivity index (χ2v) is 6.14. The highest BCUT2D eigenvalue weighted by molar-refractivity contribution is 5.50. The number of allylic oxidation sites excluding steroid dienone is 1. The Balaban J connectivity index is 2.10. The van der Waals surface area contributed by atoms with E-state index in [2.05, 4.69) is 34.7 Å². The Kier molecular flexibility index (Phi) is 9.24. The van der Waals surface area contributed by atoms with Crippen molar-refractivity contribution >= 4 is 0 Å². The Hall–Kier alpha value is -2.64. The lowest BCUT2D eigenvalue weighted by Crippen LogP contribution is -2.18. The molecular weight excluding hydrogens is 356 g/mol. The van der Waals surface area contributed by atoms with E-state index in [1.165, 1.54) is 0 Å². The molecule has 0 saturated heterocycles. The minimum absolute atomic E-state index is 0.430. The summed E-state index contributed by atoms with van der Waals surface area (Å²) >= 11 is 0. The van der Waals surface area contributed by atoms with Crippen molar-refractivity contribution < 1.29 is 14.2 Å². The van der Waals surface area contributed by atoms with Crippen LogP contribution in [0, 0.1) is 0 Å². The minimum atomic E-state index is 0.430. The quantitative estimate of drug-likeness (QED) is 0.504. The SMILES string of the molecule is C=CCOc1c(CC=C)cc(CNCc2nncn2CCOC)cc1OCC. The second-order valence-electron chi connectivity index (χ2n) is 6.14. The first-order chi connectivity index (χ1) is 13.7. The number of aromatic nitrogens is 3. The summed E-state index contributed by atoms with van der Waals surface area (Å²) in [4.78, 5) is 0. The number of hydrogen-bond donors (Lipinski definition) is 1. The molecule has 0 atom stereocenters. The van der Waals surface area contributed by atoms with Crippen molar-refractivity contribution in [2.24, 2.45) is 0 Å². The van der Waals surface area contributed by atoms with E-state index in [0.29, 0.717) is 39.3 Å². The Bertz CT molecular complexity index is 758. The molecule has 0 amide bonds. The number of hydrogen-bond acceptors (Lipinski definition) is 6. The van der Waals surface area contributed by atoms with E-state index in [1.807, 2.05) is 23.6 Å². The zero-order valence-electron chi connectivity index (χ0n) is 16.8. The number of benzene rings is 1. The van der Waals surface area contributed by atoms with E-state index < -0.39 is 0 Å². The summed E-state index contributed by atoms with van der Waals surface area (Å²) in [6, 6.07) is 4.13. The van der Waals surface area contributed by atoms with Crippen LogP contribution in [0.2, 0.25) is 0 Å². The third-order valence-electron chi connectivity index (χ3n) is 4.05. The largest absolute Gasteiger partial charge is 0.490 e. The van der Waals surface area contributed by atoms with Gasteiger partial charge in [-0.15, -0.1) is 16.8 Å². The molecule has 0 bridgehead atoms. The molecule has 0 fully saturated rings. The van der Waals surface area contributed by atoms with Crippen molar-refractivity contribution in [3.8, 4) is 11.5 Å². The number of ether oxygens (including phenoxy) is 3. The number of methoxy groups -OCH3 is 1. The van der Waals surface area contributed by atoms with Gasteiger partial charge in [-0.25, -0.2) is 0 Å². The molecule has 1 aromatic heterocycles. The van der Waals surface area contributed by atoms with E-state index in [1.54, 1.807) is 19.5 Å². The predicted molar refractivity (Wildman–Crippen MR) is 110 cm³/mol. The van der Waals surface area contributed by atoms with Gasteiger partial charge in [-0.1, -0.05) is 24.8 Å². The molecule has 152 valence electrons. The maximum atomic E-state index is 5.85. The van der Waals surface area contributed by atoms with Crippen LogP contribution in [0.15, 0.2) is 43.8 Å². The van der Waals surface area contributed by atoms with Gasteiger partial charge in [0.05, 0.1) is 19.8 Å². The highest BCUT2D eigenvalue weighted by atomic mass is 16.5. The summed E-state index contributed by atoms with van der Waals surface area (Å²) in [5, 5.41) is 11.6. The molecule has 7 nitrogen and oxygen atoms in total. The van der Waals surface area contributed by atoms with Gasteiger partial charge in [0.25, 0.3) is 0 Å². The molecule has 0 aliphatic carbocycles. The zero-order chi connectivity index (χ0) is 20.2. The van der Waals surface area contributed by atoms with Crippen LogP contribution in [0.1, 0.15) is 23.9 Å². The first kappa shape index (κ1) is 21.7. The van der Waals surface area contributed by atoms with Crippen LogP contribution in [-0.2, 0) is 30.8 Å². The molecular formula is C21H30N4O3. The molecule has 7 heteroatoms. The highest BCUT2D eigenvalue weighted by Crippen LogP contribution is 2.34. The van der Waals surface area contributed by atoms with Gasteiger partial charge in [-0.3, -0.25) is 0 Å². The molecule has 1 heterocycles. The third kappa shape index (κ3) is 6.21. The van der Waals surface area contributed by atoms with Gasteiger partial charge >= 0.3 is 0 Å². The van der Waals surface area contributed by atoms with Crippen LogP contribution in [0.25, 0.3) is 0 Å². The average Bonchev–Trinajstić information content (AvgIpc) is 3.13. The van der Waals surface area contributed by atoms with Crippen molar-refractivity contribution in [2.75, 3.05) is 26.9 Å². The summed E-state index contributed by atoms with van der Waals surface area (Å²) in [5.41, 5.74) is 2.15. The molecule has 2 aromatic rings. The fourth-order valence-corrected chi connectivity index (χ4v) is 2.81. The van der Waals surface area contributed by atoms with Crippen molar-refractivity contribution in [2.45, 2.75) is 33.0 Å². The van der Waals surface area contributed by atoms with E-state index in [9.17, 15) is 0 Å². The van der Waals surface area contributed by atoms with E-state index >= 15 is 0 Å². The second kappa shape index (κ2) is 11.9. The standard InChI is InChI=1S/C21H30N4O3/c1-5-8-18-12-17(13-19(27-7-3)21(18)28-10-6-2)14-22-15-20-24-23-16-25(20)9-11-26-4/h5-6,12-13,16,22H,1-2,7-11,14-15H2,3-4H3. The van der Waals surface area contributed by atoms with Gasteiger partial charge in [0, 0.05) is 25.8 Å². The molecule has 1 N–H and O–H groups in total. The molecule has 0 saturated carbocycles. The Morgan fingerprint density at radius 1 is 1.18 bits per heavy atom. The first-order valence-electron chi connectivity index (χ1n) is 9.42. The molecule has 0 spiro atoms. The normalized spacial score (nSPS) is 10.6. The smallest absolute Gasteiger partial charge is 0.165 e. The van der Waals surface area contributed by atoms with E-state index in [-0.39, 0.29) is 0 Å². The fourth-order valence-electron chi connectivity index (χ4n) is 2.81. The number of rotatable bonds is 14. The predicted octanol–water partition coefficient (Wildman–Crippen LogP) is 2.91. The lowest BCUT2D eigenvalue weighted by molar-refractivity contribution is 0.186. The maximum absolute atomic E-state index is 5.85. The van der Waals surface area contributed by atoms with E-state index in [4.69, 9.17) is 14.2 Å². The Labute approximate surface area is 167 Å². The van der Waals surface area contributed by atoms with Gasteiger partial charge in [0.15, 0.2) is 11.5 Å². The third-order valence-corrected chi connectivity index (χ3v) is 4.05. The van der Waals surface area contributed by atoms with Crippen molar-refractivity contribution in [3.63, 3.8) is 0 Å². The number of nitrogens with zero attached hydrogens (tertiary/aromatic N) is 3. The molecule has 1 aromatic carbocycles. The molecule has 2 rings (SSSR count). The summed E-state index contributed by atoms with van der Waals surface area (Å²) < 4.78 is 18.8. The van der Waals surface area contributed by atoms with Gasteiger partial charge in [0.1, 0.15) is 18.8 Å². The first-order valence-corrected chi connectivity index (χ1v) is 9.42. The van der Waals surface area contributed by atoms with Crippen LogP contribution < -0.4 is 14.8 Å². The van der Waals surface area contributed by atoms with Crippen molar-refractivity contribution in [3.05, 3.63) is 60.7 Å². The minimum Gasteiger partial charge on any atom is -0.490 e. The molecule has 0 radical (unpaired) electrons. The topological polar surface area (TPSA) is 70.4 Å². The lowest BCUT2D eigenvalue weighted by atomic mass is 10.1. The van der Waals surface area contributed by atoms with Crippen LogP contribution in [0.3, 0.4) is 0 Å². The van der Waals surface area contributed by atoms with Crippen LogP contribution in [0.4, 0.5) is 0 Å². The summed E-state index contributed by atoms with van der Waals surface area (Å²) in [6.45, 7) is 13.2. The van der Waals surface area contributed by atoms with Crippen molar-refractivity contribution in [1.82, 2.24) is 20.1 Å². The van der Waals surface area contributed by atoms with Crippen molar-refractivity contribution in [1.29, 1.82) is 0 Å². The summed E-state index contributed by atoms with van der Waals surface area (Å²) in [6.07, 6.45) is 6.01. The fraction of sp³-hybridized carbons (Fsp3) is 0.429. The average molecular weight is 386 g/mol. The maximum Gasteiger partial charge on any atom is 0.165 e. The number of nitrogens with one attached hydrogen (secondary N) is 1. The van der Waals surface area contributed by atoms with Crippen LogP contribution >= 0.6 is 0 Å². The van der Waals surface area contributed by atoms with Gasteiger partial charge in [-0.2, -0.15) is 0 Å². The van der Waals surface area contributed by atoms with Crippen LogP contribution in [-0.4, -0.2) is 41.7 Å². The van der Waals surface area contributed by atoms with E-state index in [0.717, 1.165) is 35.0 Å². The van der Waals surface area contributed by atoms with Gasteiger partial charge in [0.2, 0.25) is 0 Å². The van der Waals surface area contributed by atoms with Crippen LogP contribution in [0.5, 0.6) is 11.5 Å². The molecule has 0 unspecified atom stereocenters. The zero-order valence-corrected chi connectivity index (χ0v) is 16.8.